The minimum atomic E-state index is 0.0103. The molecule has 0 unspecified atom stereocenters. The van der Waals surface area contributed by atoms with Gasteiger partial charge in [0.25, 0.3) is 5.91 Å². The lowest BCUT2D eigenvalue weighted by molar-refractivity contribution is -0.125. The quantitative estimate of drug-likeness (QED) is 0.477. The van der Waals surface area contributed by atoms with Crippen molar-refractivity contribution in [3.63, 3.8) is 0 Å². The molecule has 0 N–H and O–H groups in total. The molecular weight excluding hydrogens is 284 g/mol. The number of rotatable bonds is 5. The van der Waals surface area contributed by atoms with Crippen molar-refractivity contribution in [2.75, 3.05) is 26.0 Å². The Morgan fingerprint density at radius 2 is 1.90 bits per heavy atom. The third-order valence-corrected chi connectivity index (χ3v) is 4.51. The van der Waals surface area contributed by atoms with Gasteiger partial charge in [-0.3, -0.25) is 4.79 Å². The Balaban J connectivity index is 1.96. The fourth-order valence-corrected chi connectivity index (χ4v) is 3.11. The number of piperidine rings is 1. The van der Waals surface area contributed by atoms with E-state index in [4.69, 9.17) is 4.84 Å². The van der Waals surface area contributed by atoms with Gasteiger partial charge in [0.2, 0.25) is 0 Å². The highest BCUT2D eigenvalue weighted by Crippen LogP contribution is 2.19. The summed E-state index contributed by atoms with van der Waals surface area (Å²) in [4.78, 5) is 20.3. The van der Waals surface area contributed by atoms with Crippen molar-refractivity contribution in [2.24, 2.45) is 5.16 Å². The number of hydrogen-bond donors (Lipinski definition) is 0. The van der Waals surface area contributed by atoms with Crippen LogP contribution >= 0.6 is 11.8 Å². The molecule has 0 spiro atoms. The van der Waals surface area contributed by atoms with E-state index in [2.05, 4.69) is 36.3 Å². The van der Waals surface area contributed by atoms with Crippen LogP contribution in [0.5, 0.6) is 0 Å². The Bertz CT molecular complexity index is 494. The van der Waals surface area contributed by atoms with Gasteiger partial charge in [-0.25, -0.2) is 0 Å². The van der Waals surface area contributed by atoms with E-state index in [1.165, 1.54) is 19.1 Å². The monoisotopic (exact) mass is 306 g/mol. The molecule has 1 saturated heterocycles. The summed E-state index contributed by atoms with van der Waals surface area (Å²) >= 11 is 1.61. The molecule has 0 aromatic heterocycles. The number of hydrogen-bond acceptors (Lipinski definition) is 4. The Morgan fingerprint density at radius 3 is 2.52 bits per heavy atom. The number of nitrogens with zero attached hydrogens (tertiary/aromatic N) is 2. The number of thioether (sulfide) groups is 1. The standard InChI is InChI=1S/C16H22N2O2S/c1-13-6-8-14(9-7-13)21-12-15(17-20-2)16(19)18-10-4-3-5-11-18/h6-9H,3-5,10-12H2,1-2H3. The van der Waals surface area contributed by atoms with Gasteiger partial charge in [0.15, 0.2) is 5.71 Å². The molecule has 2 rings (SSSR count). The SMILES string of the molecule is CON=C(CSc1ccc(C)cc1)C(=O)N1CCCCC1. The second-order valence-electron chi connectivity index (χ2n) is 5.18. The Hall–Kier alpha value is -1.49. The van der Waals surface area contributed by atoms with Gasteiger partial charge in [0.1, 0.15) is 7.11 Å². The van der Waals surface area contributed by atoms with Crippen LogP contribution in [-0.2, 0) is 9.63 Å². The van der Waals surface area contributed by atoms with Gasteiger partial charge in [-0.05, 0) is 38.3 Å². The van der Waals surface area contributed by atoms with Crippen LogP contribution in [0.4, 0.5) is 0 Å². The molecular formula is C16H22N2O2S. The zero-order valence-corrected chi connectivity index (χ0v) is 13.5. The molecule has 1 aromatic rings. The van der Waals surface area contributed by atoms with Gasteiger partial charge in [0.05, 0.1) is 0 Å². The predicted molar refractivity (Wildman–Crippen MR) is 86.8 cm³/mol. The van der Waals surface area contributed by atoms with Crippen LogP contribution in [0.2, 0.25) is 0 Å². The molecule has 0 bridgehead atoms. The molecule has 0 aliphatic carbocycles. The fraction of sp³-hybridized carbons (Fsp3) is 0.500. The van der Waals surface area contributed by atoms with E-state index in [1.54, 1.807) is 11.8 Å². The number of carbonyl (C=O) groups excluding carboxylic acids is 1. The lowest BCUT2D eigenvalue weighted by atomic mass is 10.1. The maximum absolute atomic E-state index is 12.5. The van der Waals surface area contributed by atoms with Crippen LogP contribution in [0.15, 0.2) is 34.3 Å². The van der Waals surface area contributed by atoms with Crippen molar-refractivity contribution >= 4 is 23.4 Å². The van der Waals surface area contributed by atoms with Gasteiger partial charge in [-0.1, -0.05) is 22.9 Å². The summed E-state index contributed by atoms with van der Waals surface area (Å²) in [6, 6.07) is 8.27. The van der Waals surface area contributed by atoms with Crippen molar-refractivity contribution in [3.05, 3.63) is 29.8 Å². The van der Waals surface area contributed by atoms with Gasteiger partial charge in [0, 0.05) is 23.7 Å². The number of carbonyl (C=O) groups is 1. The average molecular weight is 306 g/mol. The summed E-state index contributed by atoms with van der Waals surface area (Å²) in [5.74, 6) is 0.544. The van der Waals surface area contributed by atoms with E-state index in [0.29, 0.717) is 11.5 Å². The predicted octanol–water partition coefficient (Wildman–Crippen LogP) is 3.10. The molecule has 4 nitrogen and oxygen atoms in total. The second-order valence-corrected chi connectivity index (χ2v) is 6.22. The largest absolute Gasteiger partial charge is 0.399 e. The van der Waals surface area contributed by atoms with Crippen molar-refractivity contribution in [1.82, 2.24) is 4.90 Å². The highest BCUT2D eigenvalue weighted by atomic mass is 32.2. The second kappa shape index (κ2) is 8.08. The highest BCUT2D eigenvalue weighted by Gasteiger charge is 2.22. The third-order valence-electron chi connectivity index (χ3n) is 3.49. The molecule has 0 saturated carbocycles. The maximum Gasteiger partial charge on any atom is 0.272 e. The van der Waals surface area contributed by atoms with Gasteiger partial charge in [-0.15, -0.1) is 11.8 Å². The minimum Gasteiger partial charge on any atom is -0.399 e. The smallest absolute Gasteiger partial charge is 0.272 e. The van der Waals surface area contributed by atoms with Crippen LogP contribution in [0.25, 0.3) is 0 Å². The Morgan fingerprint density at radius 1 is 1.24 bits per heavy atom. The molecule has 5 heteroatoms. The molecule has 0 atom stereocenters. The maximum atomic E-state index is 12.5. The van der Waals surface area contributed by atoms with E-state index in [0.717, 1.165) is 30.8 Å². The van der Waals surface area contributed by atoms with Crippen LogP contribution in [0, 0.1) is 6.92 Å². The van der Waals surface area contributed by atoms with Gasteiger partial charge < -0.3 is 9.74 Å². The molecule has 1 aliphatic rings. The average Bonchev–Trinajstić information content (AvgIpc) is 2.53. The third kappa shape index (κ3) is 4.77. The van der Waals surface area contributed by atoms with E-state index >= 15 is 0 Å². The van der Waals surface area contributed by atoms with Crippen molar-refractivity contribution in [2.45, 2.75) is 31.1 Å². The van der Waals surface area contributed by atoms with Crippen molar-refractivity contribution in [1.29, 1.82) is 0 Å². The summed E-state index contributed by atoms with van der Waals surface area (Å²) < 4.78 is 0. The summed E-state index contributed by atoms with van der Waals surface area (Å²) in [5, 5.41) is 3.94. The molecule has 0 radical (unpaired) electrons. The van der Waals surface area contributed by atoms with Crippen LogP contribution in [0.3, 0.4) is 0 Å². The molecule has 1 heterocycles. The molecule has 1 amide bonds. The summed E-state index contributed by atoms with van der Waals surface area (Å²) in [6.45, 7) is 3.72. The van der Waals surface area contributed by atoms with Crippen LogP contribution < -0.4 is 0 Å². The van der Waals surface area contributed by atoms with Gasteiger partial charge >= 0.3 is 0 Å². The van der Waals surface area contributed by atoms with Crippen LogP contribution in [0.1, 0.15) is 24.8 Å². The first-order chi connectivity index (χ1) is 10.2. The Labute approximate surface area is 130 Å². The first-order valence-corrected chi connectivity index (χ1v) is 8.28. The zero-order valence-electron chi connectivity index (χ0n) is 12.7. The number of oxime groups is 1. The number of amides is 1. The number of aryl methyl sites for hydroxylation is 1. The van der Waals surface area contributed by atoms with E-state index < -0.39 is 0 Å². The van der Waals surface area contributed by atoms with E-state index in [-0.39, 0.29) is 5.91 Å². The first kappa shape index (κ1) is 15.9. The van der Waals surface area contributed by atoms with Gasteiger partial charge in [-0.2, -0.15) is 0 Å². The molecule has 114 valence electrons. The lowest BCUT2D eigenvalue weighted by Crippen LogP contribution is -2.40. The normalized spacial score (nSPS) is 15.9. The first-order valence-electron chi connectivity index (χ1n) is 7.29. The van der Waals surface area contributed by atoms with E-state index in [9.17, 15) is 4.79 Å². The van der Waals surface area contributed by atoms with E-state index in [1.807, 2.05) is 4.90 Å². The lowest BCUT2D eigenvalue weighted by Gasteiger charge is -2.26. The highest BCUT2D eigenvalue weighted by molar-refractivity contribution is 8.00. The number of likely N-dealkylation sites (tertiary alicyclic amines) is 1. The fourth-order valence-electron chi connectivity index (χ4n) is 2.30. The molecule has 1 fully saturated rings. The van der Waals surface area contributed by atoms with Crippen molar-refractivity contribution in [3.8, 4) is 0 Å². The van der Waals surface area contributed by atoms with Crippen molar-refractivity contribution < 1.29 is 9.63 Å². The summed E-state index contributed by atoms with van der Waals surface area (Å²) in [7, 11) is 1.49. The number of benzene rings is 1. The topological polar surface area (TPSA) is 41.9 Å². The molecule has 1 aromatic carbocycles. The van der Waals surface area contributed by atoms with Crippen LogP contribution in [-0.4, -0.2) is 42.5 Å². The molecule has 1 aliphatic heterocycles. The molecule has 21 heavy (non-hydrogen) atoms. The Kier molecular flexibility index (Phi) is 6.11. The summed E-state index contributed by atoms with van der Waals surface area (Å²) in [5.41, 5.74) is 1.72. The summed E-state index contributed by atoms with van der Waals surface area (Å²) in [6.07, 6.45) is 3.37. The zero-order chi connectivity index (χ0) is 15.1. The minimum absolute atomic E-state index is 0.0103.